The lowest BCUT2D eigenvalue weighted by Crippen LogP contribution is -2.29. The van der Waals surface area contributed by atoms with Crippen molar-refractivity contribution in [1.29, 1.82) is 0 Å². The first kappa shape index (κ1) is 9.83. The highest BCUT2D eigenvalue weighted by Gasteiger charge is 2.47. The molecule has 0 bridgehead atoms. The molecule has 1 rings (SSSR count). The Balaban J connectivity index is 2.60. The van der Waals surface area contributed by atoms with Crippen LogP contribution in [-0.4, -0.2) is 23.7 Å². The number of hydrogen-bond acceptors (Lipinski definition) is 2. The van der Waals surface area contributed by atoms with Gasteiger partial charge in [-0.05, 0) is 13.0 Å². The van der Waals surface area contributed by atoms with Crippen LogP contribution in [0.1, 0.15) is 13.3 Å². The van der Waals surface area contributed by atoms with Crippen LogP contribution in [-0.2, 0) is 9.59 Å². The van der Waals surface area contributed by atoms with E-state index in [4.69, 9.17) is 0 Å². The zero-order valence-corrected chi connectivity index (χ0v) is 7.01. The van der Waals surface area contributed by atoms with Crippen molar-refractivity contribution in [2.75, 3.05) is 0 Å². The average molecular weight is 189 g/mol. The van der Waals surface area contributed by atoms with Gasteiger partial charge in [0.1, 0.15) is 0 Å². The Morgan fingerprint density at radius 3 is 2.69 bits per heavy atom. The molecule has 3 nitrogen and oxygen atoms in total. The average Bonchev–Trinajstić information content (AvgIpc) is 2.22. The molecule has 1 saturated heterocycles. The van der Waals surface area contributed by atoms with Gasteiger partial charge in [-0.3, -0.25) is 9.59 Å². The van der Waals surface area contributed by atoms with Crippen LogP contribution < -0.4 is 5.32 Å². The van der Waals surface area contributed by atoms with E-state index in [1.807, 2.05) is 0 Å². The first-order valence-corrected chi connectivity index (χ1v) is 3.79. The fourth-order valence-electron chi connectivity index (χ4n) is 1.06. The molecule has 1 aliphatic rings. The molecule has 1 atom stereocenters. The summed E-state index contributed by atoms with van der Waals surface area (Å²) < 4.78 is 25.2. The maximum atomic E-state index is 12.6. The molecule has 1 aliphatic heterocycles. The number of allylic oxidation sites excluding steroid dienone is 1. The summed E-state index contributed by atoms with van der Waals surface area (Å²) in [5.74, 6) is -4.80. The van der Waals surface area contributed by atoms with E-state index in [-0.39, 0.29) is 5.78 Å². The van der Waals surface area contributed by atoms with Crippen molar-refractivity contribution >= 4 is 11.7 Å². The summed E-state index contributed by atoms with van der Waals surface area (Å²) >= 11 is 0. The largest absolute Gasteiger partial charge is 0.344 e. The maximum absolute atomic E-state index is 12.6. The molecule has 0 aliphatic carbocycles. The number of nitrogens with one attached hydrogen (secondary N) is 1. The molecule has 0 aromatic heterocycles. The number of hydrogen-bond donors (Lipinski definition) is 1. The van der Waals surface area contributed by atoms with Crippen LogP contribution in [0.2, 0.25) is 0 Å². The molecule has 0 aromatic rings. The van der Waals surface area contributed by atoms with E-state index in [1.54, 1.807) is 0 Å². The fraction of sp³-hybridized carbons (Fsp3) is 0.500. The van der Waals surface area contributed by atoms with Crippen LogP contribution >= 0.6 is 0 Å². The van der Waals surface area contributed by atoms with Crippen molar-refractivity contribution in [3.8, 4) is 0 Å². The van der Waals surface area contributed by atoms with Crippen molar-refractivity contribution in [3.05, 3.63) is 12.2 Å². The van der Waals surface area contributed by atoms with E-state index in [0.717, 1.165) is 0 Å². The molecule has 0 radical (unpaired) electrons. The van der Waals surface area contributed by atoms with E-state index in [2.05, 4.69) is 5.32 Å². The molecule has 1 unspecified atom stereocenters. The summed E-state index contributed by atoms with van der Waals surface area (Å²) in [6, 6.07) is -0.730. The van der Waals surface area contributed by atoms with Crippen molar-refractivity contribution < 1.29 is 18.4 Å². The summed E-state index contributed by atoms with van der Waals surface area (Å²) in [7, 11) is 0. The summed E-state index contributed by atoms with van der Waals surface area (Å²) in [5, 5.41) is 2.07. The lowest BCUT2D eigenvalue weighted by molar-refractivity contribution is -0.139. The van der Waals surface area contributed by atoms with Crippen molar-refractivity contribution in [2.24, 2.45) is 0 Å². The summed E-state index contributed by atoms with van der Waals surface area (Å²) in [6.45, 7) is 1.31. The highest BCUT2D eigenvalue weighted by Crippen LogP contribution is 2.26. The van der Waals surface area contributed by atoms with E-state index in [0.29, 0.717) is 0 Å². The molecule has 1 amide bonds. The smallest absolute Gasteiger partial charge is 0.326 e. The van der Waals surface area contributed by atoms with Gasteiger partial charge in [0, 0.05) is 6.42 Å². The topological polar surface area (TPSA) is 46.2 Å². The first-order chi connectivity index (χ1) is 5.92. The van der Waals surface area contributed by atoms with Crippen LogP contribution in [0.5, 0.6) is 0 Å². The second kappa shape index (κ2) is 3.24. The highest BCUT2D eigenvalue weighted by atomic mass is 19.3. The zero-order valence-electron chi connectivity index (χ0n) is 7.01. The van der Waals surface area contributed by atoms with Crippen LogP contribution in [0.15, 0.2) is 12.2 Å². The van der Waals surface area contributed by atoms with Gasteiger partial charge in [-0.1, -0.05) is 6.08 Å². The monoisotopic (exact) mass is 189 g/mol. The summed E-state index contributed by atoms with van der Waals surface area (Å²) in [5.41, 5.74) is 0. The van der Waals surface area contributed by atoms with Gasteiger partial charge in [0.25, 0.3) is 5.91 Å². The van der Waals surface area contributed by atoms with Gasteiger partial charge in [0.05, 0.1) is 6.04 Å². The molecule has 1 N–H and O–H groups in total. The standard InChI is InChI=1S/C8H9F2NO2/c1-5(12)2-3-6-4-8(9,10)7(13)11-6/h2-3,6H,4H2,1H3,(H,11,13)/b3-2+. The number of alkyl halides is 2. The summed E-state index contributed by atoms with van der Waals surface area (Å²) in [6.07, 6.45) is 1.88. The molecule has 1 fully saturated rings. The lowest BCUT2D eigenvalue weighted by Gasteiger charge is -2.01. The van der Waals surface area contributed by atoms with Gasteiger partial charge in [0.2, 0.25) is 0 Å². The van der Waals surface area contributed by atoms with Gasteiger partial charge in [-0.15, -0.1) is 0 Å². The Morgan fingerprint density at radius 1 is 1.69 bits per heavy atom. The number of ketones is 1. The molecule has 1 heterocycles. The molecule has 0 saturated carbocycles. The molecule has 13 heavy (non-hydrogen) atoms. The van der Waals surface area contributed by atoms with E-state index in [1.165, 1.54) is 19.1 Å². The molecule has 72 valence electrons. The second-order valence-corrected chi connectivity index (χ2v) is 2.96. The van der Waals surface area contributed by atoms with Crippen molar-refractivity contribution in [2.45, 2.75) is 25.3 Å². The first-order valence-electron chi connectivity index (χ1n) is 3.79. The predicted octanol–water partition coefficient (Wildman–Crippen LogP) is 0.655. The van der Waals surface area contributed by atoms with Crippen LogP contribution in [0.4, 0.5) is 8.78 Å². The lowest BCUT2D eigenvalue weighted by atomic mass is 10.1. The maximum Gasteiger partial charge on any atom is 0.326 e. The summed E-state index contributed by atoms with van der Waals surface area (Å²) in [4.78, 5) is 21.0. The molecular weight excluding hydrogens is 180 g/mol. The van der Waals surface area contributed by atoms with Crippen LogP contribution in [0, 0.1) is 0 Å². The highest BCUT2D eigenvalue weighted by molar-refractivity contribution is 5.89. The minimum Gasteiger partial charge on any atom is -0.344 e. The van der Waals surface area contributed by atoms with Crippen molar-refractivity contribution in [3.63, 3.8) is 0 Å². The number of rotatable bonds is 2. The van der Waals surface area contributed by atoms with Crippen molar-refractivity contribution in [1.82, 2.24) is 5.32 Å². The Morgan fingerprint density at radius 2 is 2.31 bits per heavy atom. The Bertz CT molecular complexity index is 273. The van der Waals surface area contributed by atoms with Gasteiger partial charge in [-0.2, -0.15) is 8.78 Å². The Labute approximate surface area is 73.8 Å². The fourth-order valence-corrected chi connectivity index (χ4v) is 1.06. The third kappa shape index (κ3) is 2.34. The van der Waals surface area contributed by atoms with Gasteiger partial charge < -0.3 is 5.32 Å². The number of carbonyl (C=O) groups is 2. The predicted molar refractivity (Wildman–Crippen MR) is 41.3 cm³/mol. The zero-order chi connectivity index (χ0) is 10.1. The minimum absolute atomic E-state index is 0.232. The number of carbonyl (C=O) groups excluding carboxylic acids is 2. The Kier molecular flexibility index (Phi) is 2.45. The third-order valence-electron chi connectivity index (χ3n) is 1.69. The molecule has 0 spiro atoms. The molecular formula is C8H9F2NO2. The van der Waals surface area contributed by atoms with E-state index >= 15 is 0 Å². The molecule has 0 aromatic carbocycles. The number of halogens is 2. The minimum atomic E-state index is -3.30. The van der Waals surface area contributed by atoms with Crippen LogP contribution in [0.25, 0.3) is 0 Å². The third-order valence-corrected chi connectivity index (χ3v) is 1.69. The van der Waals surface area contributed by atoms with Gasteiger partial charge >= 0.3 is 5.92 Å². The molecule has 5 heteroatoms. The second-order valence-electron chi connectivity index (χ2n) is 2.96. The van der Waals surface area contributed by atoms with Gasteiger partial charge in [0.15, 0.2) is 5.78 Å². The Hall–Kier alpha value is -1.26. The normalized spacial score (nSPS) is 26.4. The van der Waals surface area contributed by atoms with Gasteiger partial charge in [-0.25, -0.2) is 0 Å². The van der Waals surface area contributed by atoms with E-state index in [9.17, 15) is 18.4 Å². The van der Waals surface area contributed by atoms with E-state index < -0.39 is 24.3 Å². The number of amides is 1. The quantitative estimate of drug-likeness (QED) is 0.648. The SMILES string of the molecule is CC(=O)/C=C/C1CC(F)(F)C(=O)N1. The van der Waals surface area contributed by atoms with Crippen LogP contribution in [0.3, 0.4) is 0 Å².